The predicted molar refractivity (Wildman–Crippen MR) is 95.9 cm³/mol. The predicted octanol–water partition coefficient (Wildman–Crippen LogP) is 4.46. The van der Waals surface area contributed by atoms with Gasteiger partial charge < -0.3 is 10.1 Å². The van der Waals surface area contributed by atoms with Gasteiger partial charge in [0.15, 0.2) is 6.10 Å². The molecule has 1 aromatic carbocycles. The van der Waals surface area contributed by atoms with Crippen molar-refractivity contribution >= 4 is 40.5 Å². The molecule has 0 spiro atoms. The molecule has 1 aliphatic carbocycles. The first-order valence-corrected chi connectivity index (χ1v) is 9.17. The molecule has 24 heavy (non-hydrogen) atoms. The molecule has 0 unspecified atom stereocenters. The van der Waals surface area contributed by atoms with E-state index < -0.39 is 18.0 Å². The van der Waals surface area contributed by atoms with Crippen LogP contribution in [0.2, 0.25) is 5.02 Å². The van der Waals surface area contributed by atoms with Crippen LogP contribution in [0.25, 0.3) is 0 Å². The van der Waals surface area contributed by atoms with Gasteiger partial charge in [-0.2, -0.15) is 0 Å². The maximum absolute atomic E-state index is 12.4. The number of aryl methyl sites for hydroxylation is 1. The molecule has 1 aromatic heterocycles. The Morgan fingerprint density at radius 2 is 2.00 bits per heavy atom. The molecule has 4 nitrogen and oxygen atoms in total. The van der Waals surface area contributed by atoms with E-state index in [2.05, 4.69) is 5.32 Å². The number of rotatable bonds is 4. The molecular formula is C18H18ClNO3S. The van der Waals surface area contributed by atoms with Crippen LogP contribution in [-0.2, 0) is 22.4 Å². The van der Waals surface area contributed by atoms with Gasteiger partial charge in [0.05, 0.1) is 16.3 Å². The van der Waals surface area contributed by atoms with Crippen LogP contribution in [0.15, 0.2) is 29.6 Å². The molecule has 2 aromatic rings. The van der Waals surface area contributed by atoms with Gasteiger partial charge in [-0.1, -0.05) is 23.7 Å². The number of para-hydroxylation sites is 1. The summed E-state index contributed by atoms with van der Waals surface area (Å²) in [7, 11) is 0. The fraction of sp³-hybridized carbons (Fsp3) is 0.333. The summed E-state index contributed by atoms with van der Waals surface area (Å²) in [6, 6.07) is 6.94. The second kappa shape index (κ2) is 7.36. The molecule has 1 amide bonds. The molecule has 0 fully saturated rings. The topological polar surface area (TPSA) is 55.4 Å². The van der Waals surface area contributed by atoms with Crippen molar-refractivity contribution in [2.24, 2.45) is 0 Å². The van der Waals surface area contributed by atoms with Crippen LogP contribution in [0.1, 0.15) is 40.6 Å². The lowest BCUT2D eigenvalue weighted by Crippen LogP contribution is -2.30. The zero-order valence-corrected chi connectivity index (χ0v) is 14.9. The molecule has 1 heterocycles. The first-order valence-electron chi connectivity index (χ1n) is 7.92. The fourth-order valence-corrected chi connectivity index (χ4v) is 4.04. The maximum atomic E-state index is 12.4. The van der Waals surface area contributed by atoms with E-state index in [1.807, 2.05) is 5.38 Å². The Labute approximate surface area is 149 Å². The number of carbonyl (C=O) groups is 2. The van der Waals surface area contributed by atoms with Crippen LogP contribution in [0.5, 0.6) is 0 Å². The highest BCUT2D eigenvalue weighted by atomic mass is 35.5. The van der Waals surface area contributed by atoms with Gasteiger partial charge in [-0.25, -0.2) is 4.79 Å². The molecule has 1 atom stereocenters. The Hall–Kier alpha value is -1.85. The molecule has 0 radical (unpaired) electrons. The standard InChI is InChI=1S/C18H18ClNO3S/c1-11(17(21)20-15-8-4-3-7-14(15)19)23-18(22)13-10-24-16-9-5-2-6-12(13)16/h3-4,7-8,10-11H,2,5-6,9H2,1H3,(H,20,21)/t11-/m0/s1. The van der Waals surface area contributed by atoms with E-state index in [1.165, 1.54) is 11.3 Å². The van der Waals surface area contributed by atoms with Crippen LogP contribution in [0, 0.1) is 0 Å². The molecular weight excluding hydrogens is 346 g/mol. The molecule has 3 rings (SSSR count). The minimum atomic E-state index is -0.895. The summed E-state index contributed by atoms with van der Waals surface area (Å²) < 4.78 is 5.35. The number of anilines is 1. The van der Waals surface area contributed by atoms with Crippen molar-refractivity contribution in [2.75, 3.05) is 5.32 Å². The van der Waals surface area contributed by atoms with Gasteiger partial charge >= 0.3 is 5.97 Å². The summed E-state index contributed by atoms with van der Waals surface area (Å²) in [6.07, 6.45) is 3.29. The molecule has 1 N–H and O–H groups in total. The number of fused-ring (bicyclic) bond motifs is 1. The van der Waals surface area contributed by atoms with E-state index in [-0.39, 0.29) is 0 Å². The number of thiophene rings is 1. The van der Waals surface area contributed by atoms with E-state index in [9.17, 15) is 9.59 Å². The Morgan fingerprint density at radius 1 is 1.25 bits per heavy atom. The van der Waals surface area contributed by atoms with Crippen molar-refractivity contribution in [3.8, 4) is 0 Å². The third-order valence-corrected chi connectivity index (χ3v) is 5.48. The molecule has 0 saturated heterocycles. The molecule has 0 aliphatic heterocycles. The highest BCUT2D eigenvalue weighted by Gasteiger charge is 2.24. The number of ether oxygens (including phenoxy) is 1. The lowest BCUT2D eigenvalue weighted by atomic mass is 9.96. The zero-order valence-electron chi connectivity index (χ0n) is 13.3. The number of esters is 1. The average molecular weight is 364 g/mol. The van der Waals surface area contributed by atoms with Crippen LogP contribution in [0.3, 0.4) is 0 Å². The fourth-order valence-electron chi connectivity index (χ4n) is 2.74. The van der Waals surface area contributed by atoms with Gasteiger partial charge in [-0.05, 0) is 50.3 Å². The van der Waals surface area contributed by atoms with Gasteiger partial charge in [-0.15, -0.1) is 11.3 Å². The van der Waals surface area contributed by atoms with Crippen molar-refractivity contribution in [2.45, 2.75) is 38.7 Å². The van der Waals surface area contributed by atoms with E-state index in [0.29, 0.717) is 16.3 Å². The highest BCUT2D eigenvalue weighted by molar-refractivity contribution is 7.10. The number of benzene rings is 1. The molecule has 126 valence electrons. The lowest BCUT2D eigenvalue weighted by Gasteiger charge is -2.16. The Balaban J connectivity index is 1.65. The maximum Gasteiger partial charge on any atom is 0.340 e. The zero-order chi connectivity index (χ0) is 17.1. The number of nitrogens with one attached hydrogen (secondary N) is 1. The lowest BCUT2D eigenvalue weighted by molar-refractivity contribution is -0.123. The molecule has 1 aliphatic rings. The van der Waals surface area contributed by atoms with Crippen LogP contribution >= 0.6 is 22.9 Å². The third-order valence-electron chi connectivity index (χ3n) is 4.07. The molecule has 0 saturated carbocycles. The van der Waals surface area contributed by atoms with Gasteiger partial charge in [0.2, 0.25) is 0 Å². The monoisotopic (exact) mass is 363 g/mol. The summed E-state index contributed by atoms with van der Waals surface area (Å²) in [5.41, 5.74) is 2.20. The van der Waals surface area contributed by atoms with Gasteiger partial charge in [-0.3, -0.25) is 4.79 Å². The van der Waals surface area contributed by atoms with E-state index in [4.69, 9.17) is 16.3 Å². The number of halogens is 1. The minimum absolute atomic E-state index is 0.402. The number of hydrogen-bond donors (Lipinski definition) is 1. The van der Waals surface area contributed by atoms with Gasteiger partial charge in [0.1, 0.15) is 0 Å². The summed E-state index contributed by atoms with van der Waals surface area (Å²) in [5.74, 6) is -0.836. The van der Waals surface area contributed by atoms with E-state index in [1.54, 1.807) is 42.5 Å². The normalized spacial score (nSPS) is 14.6. The van der Waals surface area contributed by atoms with Gasteiger partial charge in [0, 0.05) is 10.3 Å². The second-order valence-corrected chi connectivity index (χ2v) is 7.15. The van der Waals surface area contributed by atoms with Crippen LogP contribution < -0.4 is 5.32 Å². The van der Waals surface area contributed by atoms with Crippen LogP contribution in [0.4, 0.5) is 5.69 Å². The Bertz CT molecular complexity index is 771. The van der Waals surface area contributed by atoms with Gasteiger partial charge in [0.25, 0.3) is 5.91 Å². The Morgan fingerprint density at radius 3 is 2.79 bits per heavy atom. The SMILES string of the molecule is C[C@H](OC(=O)c1csc2c1CCCC2)C(=O)Nc1ccccc1Cl. The van der Waals surface area contributed by atoms with Crippen molar-refractivity contribution in [1.82, 2.24) is 0 Å². The summed E-state index contributed by atoms with van der Waals surface area (Å²) in [4.78, 5) is 25.9. The average Bonchev–Trinajstić information content (AvgIpc) is 3.01. The number of hydrogen-bond acceptors (Lipinski definition) is 4. The molecule has 6 heteroatoms. The van der Waals surface area contributed by atoms with Crippen molar-refractivity contribution < 1.29 is 14.3 Å². The summed E-state index contributed by atoms with van der Waals surface area (Å²) in [5, 5.41) is 4.96. The molecule has 0 bridgehead atoms. The highest BCUT2D eigenvalue weighted by Crippen LogP contribution is 2.30. The number of carbonyl (C=O) groups excluding carboxylic acids is 2. The second-order valence-electron chi connectivity index (χ2n) is 5.77. The summed E-state index contributed by atoms with van der Waals surface area (Å²) >= 11 is 7.62. The number of amides is 1. The quantitative estimate of drug-likeness (QED) is 0.815. The first-order chi connectivity index (χ1) is 11.6. The van der Waals surface area contributed by atoms with Crippen LogP contribution in [-0.4, -0.2) is 18.0 Å². The third kappa shape index (κ3) is 3.62. The first kappa shape index (κ1) is 17.0. The van der Waals surface area contributed by atoms with E-state index >= 15 is 0 Å². The van der Waals surface area contributed by atoms with Crippen molar-refractivity contribution in [3.63, 3.8) is 0 Å². The Kier molecular flexibility index (Phi) is 5.21. The van der Waals surface area contributed by atoms with Crippen molar-refractivity contribution in [3.05, 3.63) is 50.7 Å². The minimum Gasteiger partial charge on any atom is -0.449 e. The summed E-state index contributed by atoms with van der Waals surface area (Å²) in [6.45, 7) is 1.56. The van der Waals surface area contributed by atoms with Crippen molar-refractivity contribution in [1.29, 1.82) is 0 Å². The largest absolute Gasteiger partial charge is 0.449 e. The smallest absolute Gasteiger partial charge is 0.340 e. The van der Waals surface area contributed by atoms with E-state index in [0.717, 1.165) is 24.8 Å².